The number of halogens is 2. The van der Waals surface area contributed by atoms with Crippen molar-refractivity contribution in [1.82, 2.24) is 4.98 Å². The molecule has 0 aliphatic carbocycles. The van der Waals surface area contributed by atoms with E-state index in [1.807, 2.05) is 31.1 Å². The molecule has 0 saturated heterocycles. The van der Waals surface area contributed by atoms with E-state index in [-0.39, 0.29) is 5.91 Å². The summed E-state index contributed by atoms with van der Waals surface area (Å²) in [5.41, 5.74) is 1.16. The number of carbonyl (C=O) groups is 1. The van der Waals surface area contributed by atoms with Gasteiger partial charge in [0.05, 0.1) is 17.4 Å². The van der Waals surface area contributed by atoms with E-state index in [2.05, 4.69) is 26.2 Å². The van der Waals surface area contributed by atoms with Gasteiger partial charge in [-0.2, -0.15) is 0 Å². The molecule has 2 aromatic rings. The first-order valence-corrected chi connectivity index (χ1v) is 7.04. The molecule has 0 bridgehead atoms. The van der Waals surface area contributed by atoms with Crippen LogP contribution in [0.3, 0.4) is 0 Å². The summed E-state index contributed by atoms with van der Waals surface area (Å²) in [6, 6.07) is 8.68. The molecule has 0 aliphatic heterocycles. The Bertz CT molecular complexity index is 629. The van der Waals surface area contributed by atoms with E-state index in [4.69, 9.17) is 11.6 Å². The summed E-state index contributed by atoms with van der Waals surface area (Å²) >= 11 is 9.18. The fourth-order valence-electron chi connectivity index (χ4n) is 1.60. The van der Waals surface area contributed by atoms with Crippen LogP contribution in [0.1, 0.15) is 10.4 Å². The second-order valence-corrected chi connectivity index (χ2v) is 5.67. The fourth-order valence-corrected chi connectivity index (χ4v) is 2.46. The number of aromatic nitrogens is 1. The van der Waals surface area contributed by atoms with Crippen LogP contribution in [0.2, 0.25) is 5.02 Å². The quantitative estimate of drug-likeness (QED) is 0.911. The molecule has 0 spiro atoms. The molecule has 0 radical (unpaired) electrons. The maximum atomic E-state index is 12.1. The molecule has 0 fully saturated rings. The van der Waals surface area contributed by atoms with Gasteiger partial charge in [0.2, 0.25) is 0 Å². The summed E-state index contributed by atoms with van der Waals surface area (Å²) in [4.78, 5) is 18.3. The largest absolute Gasteiger partial charge is 0.363 e. The Labute approximate surface area is 130 Å². The predicted molar refractivity (Wildman–Crippen MR) is 85.7 cm³/mol. The van der Waals surface area contributed by atoms with Crippen LogP contribution >= 0.6 is 27.5 Å². The lowest BCUT2D eigenvalue weighted by Crippen LogP contribution is -2.14. The summed E-state index contributed by atoms with van der Waals surface area (Å²) in [5, 5.41) is 3.37. The minimum absolute atomic E-state index is 0.215. The minimum Gasteiger partial charge on any atom is -0.363 e. The monoisotopic (exact) mass is 353 g/mol. The van der Waals surface area contributed by atoms with Crippen LogP contribution in [0.5, 0.6) is 0 Å². The van der Waals surface area contributed by atoms with Crippen molar-refractivity contribution in [1.29, 1.82) is 0 Å². The lowest BCUT2D eigenvalue weighted by Gasteiger charge is -2.12. The molecule has 1 heterocycles. The molecular formula is C14H13BrClN3O. The molecule has 2 rings (SSSR count). The number of amides is 1. The highest BCUT2D eigenvalue weighted by molar-refractivity contribution is 9.10. The molecule has 6 heteroatoms. The smallest absolute Gasteiger partial charge is 0.256 e. The number of nitrogens with zero attached hydrogens (tertiary/aromatic N) is 2. The third kappa shape index (κ3) is 3.49. The Morgan fingerprint density at radius 3 is 2.60 bits per heavy atom. The van der Waals surface area contributed by atoms with E-state index in [0.717, 1.165) is 5.82 Å². The van der Waals surface area contributed by atoms with Crippen molar-refractivity contribution in [2.45, 2.75) is 0 Å². The average molecular weight is 355 g/mol. The number of nitrogens with one attached hydrogen (secondary N) is 1. The van der Waals surface area contributed by atoms with Gasteiger partial charge in [-0.15, -0.1) is 0 Å². The topological polar surface area (TPSA) is 45.2 Å². The van der Waals surface area contributed by atoms with Gasteiger partial charge in [0.1, 0.15) is 5.82 Å². The zero-order chi connectivity index (χ0) is 14.7. The van der Waals surface area contributed by atoms with Crippen molar-refractivity contribution in [3.8, 4) is 0 Å². The Morgan fingerprint density at radius 1 is 1.30 bits per heavy atom. The zero-order valence-corrected chi connectivity index (χ0v) is 13.4. The first-order chi connectivity index (χ1) is 9.47. The molecule has 1 amide bonds. The zero-order valence-electron chi connectivity index (χ0n) is 11.0. The van der Waals surface area contributed by atoms with Crippen molar-refractivity contribution in [3.63, 3.8) is 0 Å². The van der Waals surface area contributed by atoms with Crippen molar-refractivity contribution in [2.24, 2.45) is 0 Å². The normalized spacial score (nSPS) is 10.2. The third-order valence-electron chi connectivity index (χ3n) is 2.64. The summed E-state index contributed by atoms with van der Waals surface area (Å²) < 4.78 is 0.653. The van der Waals surface area contributed by atoms with Crippen LogP contribution in [0.15, 0.2) is 41.0 Å². The van der Waals surface area contributed by atoms with Gasteiger partial charge in [-0.25, -0.2) is 4.98 Å². The van der Waals surface area contributed by atoms with Gasteiger partial charge in [-0.3, -0.25) is 4.79 Å². The van der Waals surface area contributed by atoms with Crippen LogP contribution in [0.25, 0.3) is 0 Å². The van der Waals surface area contributed by atoms with Crippen LogP contribution < -0.4 is 10.2 Å². The highest BCUT2D eigenvalue weighted by Crippen LogP contribution is 2.22. The highest BCUT2D eigenvalue weighted by Gasteiger charge is 2.11. The van der Waals surface area contributed by atoms with Crippen molar-refractivity contribution in [2.75, 3.05) is 24.3 Å². The van der Waals surface area contributed by atoms with Gasteiger partial charge in [0, 0.05) is 23.6 Å². The maximum Gasteiger partial charge on any atom is 0.256 e. The molecule has 1 aromatic carbocycles. The van der Waals surface area contributed by atoms with Crippen LogP contribution in [0, 0.1) is 0 Å². The molecule has 1 aromatic heterocycles. The van der Waals surface area contributed by atoms with Gasteiger partial charge in [0.15, 0.2) is 0 Å². The molecule has 0 unspecified atom stereocenters. The van der Waals surface area contributed by atoms with Crippen molar-refractivity contribution < 1.29 is 4.79 Å². The number of hydrogen-bond donors (Lipinski definition) is 1. The second kappa shape index (κ2) is 6.24. The fraction of sp³-hybridized carbons (Fsp3) is 0.143. The number of anilines is 2. The van der Waals surface area contributed by atoms with E-state index in [0.29, 0.717) is 20.7 Å². The number of carbonyl (C=O) groups excluding carboxylic acids is 1. The lowest BCUT2D eigenvalue weighted by molar-refractivity contribution is 0.102. The van der Waals surface area contributed by atoms with Crippen LogP contribution in [-0.2, 0) is 0 Å². The van der Waals surface area contributed by atoms with Crippen molar-refractivity contribution in [3.05, 3.63) is 51.6 Å². The Balaban J connectivity index is 2.15. The standard InChI is InChI=1S/C14H13BrClN3O/c1-19(2)13-6-4-10(8-17-13)18-14(20)11-5-3-9(16)7-12(11)15/h3-8H,1-2H3,(H,18,20). The summed E-state index contributed by atoms with van der Waals surface area (Å²) in [7, 11) is 3.82. The molecule has 4 nitrogen and oxygen atoms in total. The average Bonchev–Trinajstić information content (AvgIpc) is 2.39. The molecule has 0 saturated carbocycles. The van der Waals surface area contributed by atoms with E-state index in [1.54, 1.807) is 24.4 Å². The molecule has 0 aliphatic rings. The van der Waals surface area contributed by atoms with Gasteiger partial charge in [0.25, 0.3) is 5.91 Å². The van der Waals surface area contributed by atoms with E-state index < -0.39 is 0 Å². The maximum absolute atomic E-state index is 12.1. The third-order valence-corrected chi connectivity index (χ3v) is 3.53. The lowest BCUT2D eigenvalue weighted by atomic mass is 10.2. The van der Waals surface area contributed by atoms with Gasteiger partial charge in [-0.05, 0) is 46.3 Å². The Kier molecular flexibility index (Phi) is 4.62. The SMILES string of the molecule is CN(C)c1ccc(NC(=O)c2ccc(Cl)cc2Br)cn1. The number of benzene rings is 1. The molecule has 20 heavy (non-hydrogen) atoms. The summed E-state index contributed by atoms with van der Waals surface area (Å²) in [6.07, 6.45) is 1.62. The van der Waals surface area contributed by atoms with E-state index in [1.165, 1.54) is 0 Å². The van der Waals surface area contributed by atoms with Crippen molar-refractivity contribution >= 4 is 44.9 Å². The molecule has 104 valence electrons. The molecule has 0 atom stereocenters. The number of hydrogen-bond acceptors (Lipinski definition) is 3. The van der Waals surface area contributed by atoms with E-state index in [9.17, 15) is 4.79 Å². The first-order valence-electron chi connectivity index (χ1n) is 5.87. The van der Waals surface area contributed by atoms with Crippen LogP contribution in [0.4, 0.5) is 11.5 Å². The Morgan fingerprint density at radius 2 is 2.05 bits per heavy atom. The number of rotatable bonds is 3. The van der Waals surface area contributed by atoms with Gasteiger partial charge >= 0.3 is 0 Å². The highest BCUT2D eigenvalue weighted by atomic mass is 79.9. The van der Waals surface area contributed by atoms with Gasteiger partial charge in [-0.1, -0.05) is 11.6 Å². The van der Waals surface area contributed by atoms with Gasteiger partial charge < -0.3 is 10.2 Å². The Hall–Kier alpha value is -1.59. The molecule has 1 N–H and O–H groups in total. The summed E-state index contributed by atoms with van der Waals surface area (Å²) in [6.45, 7) is 0. The van der Waals surface area contributed by atoms with E-state index >= 15 is 0 Å². The first kappa shape index (κ1) is 14.8. The molecular weight excluding hydrogens is 342 g/mol. The second-order valence-electron chi connectivity index (χ2n) is 4.38. The predicted octanol–water partition coefficient (Wildman–Crippen LogP) is 3.82. The van der Waals surface area contributed by atoms with Crippen LogP contribution in [-0.4, -0.2) is 25.0 Å². The minimum atomic E-state index is -0.215. The summed E-state index contributed by atoms with van der Waals surface area (Å²) in [5.74, 6) is 0.614. The number of pyridine rings is 1.